The van der Waals surface area contributed by atoms with Crippen molar-refractivity contribution in [2.75, 3.05) is 0 Å². The third-order valence-electron chi connectivity index (χ3n) is 6.33. The molecule has 0 amide bonds. The lowest BCUT2D eigenvalue weighted by Crippen LogP contribution is -1.85. The minimum absolute atomic E-state index is 0.525. The van der Waals surface area contributed by atoms with Gasteiger partial charge in [0.25, 0.3) is 0 Å². The summed E-state index contributed by atoms with van der Waals surface area (Å²) in [5, 5.41) is 2.18. The molecule has 0 radical (unpaired) electrons. The molecule has 0 N–H and O–H groups in total. The second-order valence-corrected chi connectivity index (χ2v) is 13.5. The molecule has 0 spiro atoms. The number of aryl methyl sites for hydroxylation is 1. The highest BCUT2D eigenvalue weighted by molar-refractivity contribution is 7.58. The highest BCUT2D eigenvalue weighted by atomic mass is 35.5. The van der Waals surface area contributed by atoms with Crippen LogP contribution in [0, 0.1) is 6.92 Å². The molecule has 0 atom stereocenters. The molecule has 3 aromatic carbocycles. The zero-order valence-electron chi connectivity index (χ0n) is 19.6. The lowest BCUT2D eigenvalue weighted by atomic mass is 10.0. The summed E-state index contributed by atoms with van der Waals surface area (Å²) >= 11 is 30.8. The molecule has 7 rings (SSSR count). The Balaban J connectivity index is 1.37. The molecule has 3 aromatic heterocycles. The summed E-state index contributed by atoms with van der Waals surface area (Å²) in [5.74, 6) is 0. The van der Waals surface area contributed by atoms with Gasteiger partial charge < -0.3 is 0 Å². The molecule has 0 saturated carbocycles. The van der Waals surface area contributed by atoms with E-state index in [1.807, 2.05) is 31.2 Å². The number of benzene rings is 3. The topological polar surface area (TPSA) is 50.5 Å². The Morgan fingerprint density at radius 1 is 0.590 bits per heavy atom. The fourth-order valence-electron chi connectivity index (χ4n) is 4.50. The van der Waals surface area contributed by atoms with Gasteiger partial charge in [0, 0.05) is 30.6 Å². The van der Waals surface area contributed by atoms with E-state index in [0.717, 1.165) is 69.7 Å². The van der Waals surface area contributed by atoms with Gasteiger partial charge in [-0.15, -0.1) is 22.7 Å². The molecule has 4 nitrogen and oxygen atoms in total. The molecule has 0 aliphatic carbocycles. The van der Waals surface area contributed by atoms with Gasteiger partial charge in [0.1, 0.15) is 22.4 Å². The number of halogens is 4. The summed E-state index contributed by atoms with van der Waals surface area (Å²) in [7, 11) is 0. The van der Waals surface area contributed by atoms with Crippen LogP contribution in [0.5, 0.6) is 0 Å². The Bertz CT molecular complexity index is 2010. The molecule has 1 aliphatic heterocycles. The van der Waals surface area contributed by atoms with E-state index in [9.17, 15) is 0 Å². The van der Waals surface area contributed by atoms with Crippen molar-refractivity contribution in [2.24, 2.45) is 8.73 Å². The maximum absolute atomic E-state index is 6.38. The second-order valence-electron chi connectivity index (χ2n) is 8.72. The Kier molecular flexibility index (Phi) is 6.65. The Morgan fingerprint density at radius 3 is 1.74 bits per heavy atom. The van der Waals surface area contributed by atoms with E-state index >= 15 is 0 Å². The number of hydrogen-bond acceptors (Lipinski definition) is 7. The number of thiophene rings is 2. The number of nitrogens with zero attached hydrogens (tertiary/aromatic N) is 4. The quantitative estimate of drug-likeness (QED) is 0.188. The lowest BCUT2D eigenvalue weighted by molar-refractivity contribution is 1.47. The van der Waals surface area contributed by atoms with Crippen LogP contribution in [0.3, 0.4) is 0 Å². The fraction of sp³-hybridized carbons (Fsp3) is 0.0370. The van der Waals surface area contributed by atoms with Crippen LogP contribution in [0.2, 0.25) is 20.1 Å². The molecule has 39 heavy (non-hydrogen) atoms. The van der Waals surface area contributed by atoms with Crippen molar-refractivity contribution >= 4 is 115 Å². The summed E-state index contributed by atoms with van der Waals surface area (Å²) in [5.41, 5.74) is 8.12. The summed E-state index contributed by atoms with van der Waals surface area (Å²) < 4.78 is 18.9. The first-order chi connectivity index (χ1) is 18.9. The summed E-state index contributed by atoms with van der Waals surface area (Å²) in [4.78, 5) is 4.22. The van der Waals surface area contributed by atoms with E-state index in [2.05, 4.69) is 30.3 Å². The first-order valence-corrected chi connectivity index (χ1v) is 16.0. The van der Waals surface area contributed by atoms with Crippen LogP contribution in [0.25, 0.3) is 52.8 Å². The van der Waals surface area contributed by atoms with E-state index in [1.165, 1.54) is 23.1 Å². The molecule has 6 aromatic rings. The maximum atomic E-state index is 6.38. The molecule has 192 valence electrons. The van der Waals surface area contributed by atoms with Crippen LogP contribution >= 0.6 is 80.8 Å². The van der Waals surface area contributed by atoms with Crippen molar-refractivity contribution in [3.63, 3.8) is 0 Å². The van der Waals surface area contributed by atoms with Crippen LogP contribution in [-0.2, 0) is 11.4 Å². The lowest BCUT2D eigenvalue weighted by Gasteiger charge is -2.09. The average molecular weight is 663 g/mol. The second kappa shape index (κ2) is 10.0. The Morgan fingerprint density at radius 2 is 1.15 bits per heavy atom. The number of fused-ring (bicyclic) bond motifs is 2. The third-order valence-corrected chi connectivity index (χ3v) is 11.3. The summed E-state index contributed by atoms with van der Waals surface area (Å²) in [6.07, 6.45) is 0. The first-order valence-electron chi connectivity index (χ1n) is 11.4. The van der Waals surface area contributed by atoms with Gasteiger partial charge in [0.05, 0.1) is 43.2 Å². The van der Waals surface area contributed by atoms with Crippen molar-refractivity contribution in [2.45, 2.75) is 6.92 Å². The number of aromatic nitrogens is 2. The summed E-state index contributed by atoms with van der Waals surface area (Å²) in [6, 6.07) is 18.0. The molecule has 1 aliphatic rings. The van der Waals surface area contributed by atoms with Gasteiger partial charge >= 0.3 is 0 Å². The van der Waals surface area contributed by atoms with Crippen molar-refractivity contribution in [3.8, 4) is 41.8 Å². The van der Waals surface area contributed by atoms with Gasteiger partial charge in [-0.05, 0) is 72.1 Å². The van der Waals surface area contributed by atoms with E-state index in [0.29, 0.717) is 20.1 Å². The molecular formula is C27H12Cl4N4S4. The zero-order valence-corrected chi connectivity index (χ0v) is 25.9. The smallest absolute Gasteiger partial charge is 0.116 e. The van der Waals surface area contributed by atoms with Gasteiger partial charge in [0.2, 0.25) is 0 Å². The van der Waals surface area contributed by atoms with Crippen molar-refractivity contribution in [1.29, 1.82) is 0 Å². The largest absolute Gasteiger partial charge is 0.172 e. The predicted octanol–water partition coefficient (Wildman–Crippen LogP) is 12.1. The molecule has 0 unspecified atom stereocenters. The Labute approximate surface area is 259 Å². The highest BCUT2D eigenvalue weighted by Gasteiger charge is 2.28. The zero-order chi connectivity index (χ0) is 26.8. The van der Waals surface area contributed by atoms with Gasteiger partial charge in [-0.2, -0.15) is 17.5 Å². The van der Waals surface area contributed by atoms with Gasteiger partial charge in [-0.3, -0.25) is 0 Å². The minimum Gasteiger partial charge on any atom is -0.172 e. The van der Waals surface area contributed by atoms with Crippen LogP contribution < -0.4 is 0 Å². The molecule has 4 heterocycles. The van der Waals surface area contributed by atoms with Gasteiger partial charge in [0.15, 0.2) is 0 Å². The first kappa shape index (κ1) is 25.8. The van der Waals surface area contributed by atoms with Crippen LogP contribution in [0.15, 0.2) is 63.3 Å². The standard InChI is InChI=1S/C27H12Cl4N4S4/c1-11-8-13(10-16(30)23(11)31)18-5-7-20(37-18)22-26-24(32-38-34-26)21(25-27(22)35-39-33-25)19-6-4-17(36-19)12-2-3-14(28)15(29)9-12/h2-10H,1H3. The van der Waals surface area contributed by atoms with Gasteiger partial charge in [-0.25, -0.2) is 0 Å². The normalized spacial score (nSPS) is 12.3. The van der Waals surface area contributed by atoms with Gasteiger partial charge in [-0.1, -0.05) is 52.5 Å². The number of hydrogen-bond donors (Lipinski definition) is 0. The molecule has 0 fully saturated rings. The average Bonchev–Trinajstić information content (AvgIpc) is 3.73. The molecule has 0 saturated heterocycles. The minimum atomic E-state index is 0.525. The fourth-order valence-corrected chi connectivity index (χ4v) is 8.38. The third kappa shape index (κ3) is 4.38. The van der Waals surface area contributed by atoms with Crippen LogP contribution in [0.4, 0.5) is 11.4 Å². The van der Waals surface area contributed by atoms with Crippen molar-refractivity contribution in [3.05, 3.63) is 80.3 Å². The van der Waals surface area contributed by atoms with Crippen molar-refractivity contribution < 1.29 is 0 Å². The predicted molar refractivity (Wildman–Crippen MR) is 171 cm³/mol. The van der Waals surface area contributed by atoms with Crippen molar-refractivity contribution in [1.82, 2.24) is 8.75 Å². The van der Waals surface area contributed by atoms with E-state index in [1.54, 1.807) is 22.7 Å². The monoisotopic (exact) mass is 660 g/mol. The number of rotatable bonds is 4. The molecule has 12 heteroatoms. The Hall–Kier alpha value is -2.14. The van der Waals surface area contributed by atoms with E-state index in [-0.39, 0.29) is 0 Å². The van der Waals surface area contributed by atoms with Crippen LogP contribution in [-0.4, -0.2) is 8.75 Å². The summed E-state index contributed by atoms with van der Waals surface area (Å²) in [6.45, 7) is 1.96. The van der Waals surface area contributed by atoms with E-state index < -0.39 is 0 Å². The highest BCUT2D eigenvalue weighted by Crippen LogP contribution is 2.54. The van der Waals surface area contributed by atoms with Crippen LogP contribution in [0.1, 0.15) is 5.56 Å². The molecular weight excluding hydrogens is 650 g/mol. The SMILES string of the molecule is Cc1cc(-c2ccc(-c3c4c(c(-c5ccc(-c6ccc(Cl)c(Cl)c6)s5)c5nsnc35)N=S=N4)s2)cc(Cl)c1Cl. The molecule has 0 bridgehead atoms. The maximum Gasteiger partial charge on any atom is 0.116 e. The van der Waals surface area contributed by atoms with E-state index in [4.69, 9.17) is 63.9 Å².